The molecule has 1 rings (SSSR count). The summed E-state index contributed by atoms with van der Waals surface area (Å²) in [5.74, 6) is -0.781. The molecule has 3 nitrogen and oxygen atoms in total. The number of halogens is 3. The van der Waals surface area contributed by atoms with E-state index in [1.165, 1.54) is 6.92 Å². The number of alkyl halides is 3. The monoisotopic (exact) mass is 251 g/mol. The first kappa shape index (κ1) is 15.5. The minimum Gasteiger partial charge on any atom is -0.461 e. The molecule has 1 aromatic heterocycles. The Kier molecular flexibility index (Phi) is 5.78. The van der Waals surface area contributed by atoms with Crippen molar-refractivity contribution in [1.29, 1.82) is 0 Å². The fraction of sp³-hybridized carbons (Fsp3) is 0.545. The number of carbonyl (C=O) groups excluding carboxylic acids is 1. The van der Waals surface area contributed by atoms with Crippen LogP contribution in [0.25, 0.3) is 0 Å². The van der Waals surface area contributed by atoms with Crippen molar-refractivity contribution >= 4 is 5.97 Å². The lowest BCUT2D eigenvalue weighted by Crippen LogP contribution is -2.09. The Bertz CT molecular complexity index is 369. The molecule has 0 spiro atoms. The fourth-order valence-electron chi connectivity index (χ4n) is 1.17. The maximum atomic E-state index is 12.3. The van der Waals surface area contributed by atoms with Crippen LogP contribution in [0.4, 0.5) is 13.2 Å². The second-order valence-electron chi connectivity index (χ2n) is 2.96. The van der Waals surface area contributed by atoms with E-state index < -0.39 is 17.8 Å². The van der Waals surface area contributed by atoms with E-state index in [0.29, 0.717) is 0 Å². The molecule has 0 aliphatic carbocycles. The zero-order chi connectivity index (χ0) is 13.6. The Morgan fingerprint density at radius 1 is 1.41 bits per heavy atom. The standard InChI is InChI=1S/C9H10F3NO2.C2H6/c1-3-15-8(14)6-4-5(2)7(13-6)9(10,11)12;1-2/h4,13H,3H2,1-2H3;1-2H3. The molecule has 98 valence electrons. The third-order valence-corrected chi connectivity index (χ3v) is 1.79. The van der Waals surface area contributed by atoms with Crippen molar-refractivity contribution in [2.75, 3.05) is 6.61 Å². The summed E-state index contributed by atoms with van der Waals surface area (Å²) in [6.45, 7) is 6.98. The zero-order valence-corrected chi connectivity index (χ0v) is 10.2. The van der Waals surface area contributed by atoms with Crippen LogP contribution < -0.4 is 0 Å². The predicted octanol–water partition coefficient (Wildman–Crippen LogP) is 3.54. The highest BCUT2D eigenvalue weighted by Crippen LogP contribution is 2.31. The number of aromatic nitrogens is 1. The Labute approximate surface area is 98.0 Å². The lowest BCUT2D eigenvalue weighted by Gasteiger charge is -2.04. The third-order valence-electron chi connectivity index (χ3n) is 1.79. The highest BCUT2D eigenvalue weighted by molar-refractivity contribution is 5.87. The fourth-order valence-corrected chi connectivity index (χ4v) is 1.17. The van der Waals surface area contributed by atoms with Crippen LogP contribution in [0.3, 0.4) is 0 Å². The van der Waals surface area contributed by atoms with E-state index in [1.54, 1.807) is 6.92 Å². The number of hydrogen-bond acceptors (Lipinski definition) is 2. The van der Waals surface area contributed by atoms with Crippen LogP contribution in [0.15, 0.2) is 6.07 Å². The molecule has 0 aliphatic rings. The number of carbonyl (C=O) groups is 1. The van der Waals surface area contributed by atoms with E-state index in [2.05, 4.69) is 4.74 Å². The molecule has 6 heteroatoms. The summed E-state index contributed by atoms with van der Waals surface area (Å²) >= 11 is 0. The Morgan fingerprint density at radius 3 is 2.29 bits per heavy atom. The molecule has 0 aromatic carbocycles. The molecule has 0 saturated heterocycles. The third kappa shape index (κ3) is 4.13. The van der Waals surface area contributed by atoms with Gasteiger partial charge in [0.15, 0.2) is 0 Å². The van der Waals surface area contributed by atoms with E-state index in [4.69, 9.17) is 0 Å². The summed E-state index contributed by atoms with van der Waals surface area (Å²) in [5, 5.41) is 0. The molecule has 0 aliphatic heterocycles. The van der Waals surface area contributed by atoms with Gasteiger partial charge in [-0.1, -0.05) is 13.8 Å². The van der Waals surface area contributed by atoms with Crippen molar-refractivity contribution in [3.8, 4) is 0 Å². The molecular formula is C11H16F3NO2. The molecule has 0 radical (unpaired) electrons. The minimum atomic E-state index is -4.48. The summed E-state index contributed by atoms with van der Waals surface area (Å²) in [5.41, 5.74) is -1.11. The molecule has 0 unspecified atom stereocenters. The predicted molar refractivity (Wildman–Crippen MR) is 57.8 cm³/mol. The summed E-state index contributed by atoms with van der Waals surface area (Å²) in [6.07, 6.45) is -4.48. The second-order valence-corrected chi connectivity index (χ2v) is 2.96. The van der Waals surface area contributed by atoms with Crippen molar-refractivity contribution in [3.63, 3.8) is 0 Å². The molecule has 1 aromatic rings. The first-order valence-electron chi connectivity index (χ1n) is 5.30. The van der Waals surface area contributed by atoms with Gasteiger partial charge in [-0.05, 0) is 25.5 Å². The van der Waals surface area contributed by atoms with E-state index in [1.807, 2.05) is 18.8 Å². The van der Waals surface area contributed by atoms with Gasteiger partial charge in [-0.2, -0.15) is 13.2 Å². The van der Waals surface area contributed by atoms with Crippen LogP contribution in [0.5, 0.6) is 0 Å². The lowest BCUT2D eigenvalue weighted by molar-refractivity contribution is -0.141. The van der Waals surface area contributed by atoms with Gasteiger partial charge in [0.25, 0.3) is 0 Å². The zero-order valence-electron chi connectivity index (χ0n) is 10.2. The Morgan fingerprint density at radius 2 is 1.94 bits per heavy atom. The SMILES string of the molecule is CC.CCOC(=O)c1cc(C)c(C(F)(F)F)[nH]1. The van der Waals surface area contributed by atoms with Gasteiger partial charge in [0.1, 0.15) is 11.4 Å². The van der Waals surface area contributed by atoms with Gasteiger partial charge >= 0.3 is 12.1 Å². The van der Waals surface area contributed by atoms with Gasteiger partial charge in [0, 0.05) is 0 Å². The smallest absolute Gasteiger partial charge is 0.431 e. The van der Waals surface area contributed by atoms with Crippen LogP contribution in [-0.4, -0.2) is 17.6 Å². The quantitative estimate of drug-likeness (QED) is 0.817. The maximum Gasteiger partial charge on any atom is 0.431 e. The number of hydrogen-bond donors (Lipinski definition) is 1. The van der Waals surface area contributed by atoms with E-state index in [0.717, 1.165) is 6.07 Å². The van der Waals surface area contributed by atoms with Crippen molar-refractivity contribution < 1.29 is 22.7 Å². The van der Waals surface area contributed by atoms with E-state index >= 15 is 0 Å². The van der Waals surface area contributed by atoms with Crippen molar-refractivity contribution in [3.05, 3.63) is 23.0 Å². The van der Waals surface area contributed by atoms with Gasteiger partial charge in [0.2, 0.25) is 0 Å². The number of H-pyrrole nitrogens is 1. The number of aryl methyl sites for hydroxylation is 1. The van der Waals surface area contributed by atoms with Crippen LogP contribution in [0, 0.1) is 6.92 Å². The molecule has 0 fully saturated rings. The largest absolute Gasteiger partial charge is 0.461 e. The van der Waals surface area contributed by atoms with Gasteiger partial charge in [-0.15, -0.1) is 0 Å². The second kappa shape index (κ2) is 6.32. The normalized spacial score (nSPS) is 10.5. The number of nitrogens with one attached hydrogen (secondary N) is 1. The molecule has 17 heavy (non-hydrogen) atoms. The Balaban J connectivity index is 0.00000121. The molecule has 0 bridgehead atoms. The van der Waals surface area contributed by atoms with Crippen LogP contribution in [0.1, 0.15) is 42.5 Å². The average Bonchev–Trinajstić information content (AvgIpc) is 2.63. The van der Waals surface area contributed by atoms with Crippen molar-refractivity contribution in [2.24, 2.45) is 0 Å². The van der Waals surface area contributed by atoms with Gasteiger partial charge in [-0.3, -0.25) is 0 Å². The maximum absolute atomic E-state index is 12.3. The van der Waals surface area contributed by atoms with E-state index in [-0.39, 0.29) is 17.9 Å². The van der Waals surface area contributed by atoms with Gasteiger partial charge in [-0.25, -0.2) is 4.79 Å². The molecule has 1 N–H and O–H groups in total. The summed E-state index contributed by atoms with van der Waals surface area (Å²) in [7, 11) is 0. The molecular weight excluding hydrogens is 235 g/mol. The molecule has 0 saturated carbocycles. The van der Waals surface area contributed by atoms with Crippen LogP contribution in [0.2, 0.25) is 0 Å². The highest BCUT2D eigenvalue weighted by atomic mass is 19.4. The Hall–Kier alpha value is -1.46. The number of aromatic amines is 1. The molecule has 1 heterocycles. The minimum absolute atomic E-state index is 0.0226. The van der Waals surface area contributed by atoms with Gasteiger partial charge in [0.05, 0.1) is 6.61 Å². The number of rotatable bonds is 2. The summed E-state index contributed by atoms with van der Waals surface area (Å²) in [6, 6.07) is 1.13. The number of ether oxygens (including phenoxy) is 1. The molecule has 0 amide bonds. The van der Waals surface area contributed by atoms with Crippen molar-refractivity contribution in [1.82, 2.24) is 4.98 Å². The number of esters is 1. The molecule has 0 atom stereocenters. The summed E-state index contributed by atoms with van der Waals surface area (Å²) in [4.78, 5) is 13.1. The lowest BCUT2D eigenvalue weighted by atomic mass is 10.2. The first-order valence-corrected chi connectivity index (χ1v) is 5.30. The van der Waals surface area contributed by atoms with Crippen LogP contribution in [-0.2, 0) is 10.9 Å². The van der Waals surface area contributed by atoms with Gasteiger partial charge < -0.3 is 9.72 Å². The van der Waals surface area contributed by atoms with E-state index in [9.17, 15) is 18.0 Å². The first-order chi connectivity index (χ1) is 7.86. The van der Waals surface area contributed by atoms with Crippen LogP contribution >= 0.6 is 0 Å². The highest BCUT2D eigenvalue weighted by Gasteiger charge is 2.35. The topological polar surface area (TPSA) is 42.1 Å². The van der Waals surface area contributed by atoms with Crippen molar-refractivity contribution in [2.45, 2.75) is 33.9 Å². The average molecular weight is 251 g/mol. The summed E-state index contributed by atoms with van der Waals surface area (Å²) < 4.78 is 41.6.